The van der Waals surface area contributed by atoms with E-state index >= 15 is 0 Å². The lowest BCUT2D eigenvalue weighted by Crippen LogP contribution is -2.06. The number of amides is 1. The number of carboxylic acid groups (broad SMARTS) is 1. The van der Waals surface area contributed by atoms with Crippen molar-refractivity contribution in [1.29, 1.82) is 0 Å². The zero-order valence-corrected chi connectivity index (χ0v) is 6.42. The fraction of sp³-hybridized carbons (Fsp3) is 0.143. The molecule has 5 nitrogen and oxygen atoms in total. The average Bonchev–Trinajstić information content (AvgIpc) is 2.34. The minimum absolute atomic E-state index is 0.0544. The van der Waals surface area contributed by atoms with E-state index in [0.717, 1.165) is 0 Å². The van der Waals surface area contributed by atoms with Gasteiger partial charge in [0.1, 0.15) is 11.5 Å². The topological polar surface area (TPSA) is 82.2 Å². The second-order valence-corrected chi connectivity index (χ2v) is 2.27. The Morgan fingerprint density at radius 1 is 1.50 bits per heavy atom. The first kappa shape index (κ1) is 8.32. The maximum absolute atomic E-state index is 10.5. The molecule has 1 aromatic heterocycles. The Kier molecular flexibility index (Phi) is 2.14. The summed E-state index contributed by atoms with van der Waals surface area (Å²) in [6.45, 7) is 1.35. The molecule has 1 aromatic rings. The predicted octanol–water partition coefficient (Wildman–Crippen LogP) is 0.671. The summed E-state index contributed by atoms with van der Waals surface area (Å²) in [7, 11) is 0. The zero-order valence-electron chi connectivity index (χ0n) is 6.42. The van der Waals surface area contributed by atoms with Gasteiger partial charge in [-0.05, 0) is 12.1 Å². The largest absolute Gasteiger partial charge is 0.477 e. The van der Waals surface area contributed by atoms with Gasteiger partial charge in [-0.2, -0.15) is 0 Å². The van der Waals surface area contributed by atoms with E-state index in [1.165, 1.54) is 19.1 Å². The van der Waals surface area contributed by atoms with Crippen molar-refractivity contribution in [2.24, 2.45) is 0 Å². The van der Waals surface area contributed by atoms with Gasteiger partial charge < -0.3 is 15.4 Å². The van der Waals surface area contributed by atoms with E-state index in [-0.39, 0.29) is 11.6 Å². The minimum atomic E-state index is -1.05. The van der Waals surface area contributed by atoms with Gasteiger partial charge in [0, 0.05) is 6.92 Å². The van der Waals surface area contributed by atoms with Crippen molar-refractivity contribution < 1.29 is 14.7 Å². The van der Waals surface area contributed by atoms with Crippen LogP contribution >= 0.6 is 0 Å². The summed E-state index contributed by atoms with van der Waals surface area (Å²) in [5.41, 5.74) is 0.0544. The molecule has 64 valence electrons. The number of hydrogen-bond acceptors (Lipinski definition) is 2. The molecule has 0 atom stereocenters. The molecular weight excluding hydrogens is 160 g/mol. The van der Waals surface area contributed by atoms with Crippen LogP contribution in [0.4, 0.5) is 5.82 Å². The smallest absolute Gasteiger partial charge is 0.352 e. The summed E-state index contributed by atoms with van der Waals surface area (Å²) in [5, 5.41) is 10.9. The maximum atomic E-state index is 10.5. The van der Waals surface area contributed by atoms with Crippen molar-refractivity contribution in [3.63, 3.8) is 0 Å². The van der Waals surface area contributed by atoms with Crippen LogP contribution in [0.25, 0.3) is 0 Å². The number of carboxylic acids is 1. The van der Waals surface area contributed by atoms with Gasteiger partial charge in [0.15, 0.2) is 0 Å². The number of rotatable bonds is 2. The van der Waals surface area contributed by atoms with Crippen LogP contribution in [0.2, 0.25) is 0 Å². The van der Waals surface area contributed by atoms with Gasteiger partial charge in [0.25, 0.3) is 0 Å². The molecule has 0 aromatic carbocycles. The molecule has 0 saturated carbocycles. The zero-order chi connectivity index (χ0) is 9.14. The van der Waals surface area contributed by atoms with Gasteiger partial charge in [-0.1, -0.05) is 0 Å². The minimum Gasteiger partial charge on any atom is -0.477 e. The fourth-order valence-electron chi connectivity index (χ4n) is 0.782. The van der Waals surface area contributed by atoms with Gasteiger partial charge in [0.2, 0.25) is 5.91 Å². The SMILES string of the molecule is CC(=O)Nc1ccc(C(=O)O)[nH]1. The number of carbonyl (C=O) groups excluding carboxylic acids is 1. The monoisotopic (exact) mass is 168 g/mol. The standard InChI is InChI=1S/C7H8N2O3/c1-4(10)8-6-3-2-5(9-6)7(11)12/h2-3,9H,1H3,(H,8,10)(H,11,12). The van der Waals surface area contributed by atoms with E-state index < -0.39 is 5.97 Å². The molecule has 0 fully saturated rings. The number of nitrogens with one attached hydrogen (secondary N) is 2. The van der Waals surface area contributed by atoms with Crippen LogP contribution in [0.5, 0.6) is 0 Å². The Balaban J connectivity index is 2.77. The van der Waals surface area contributed by atoms with Crippen LogP contribution in [0.3, 0.4) is 0 Å². The Hall–Kier alpha value is -1.78. The first-order valence-corrected chi connectivity index (χ1v) is 3.29. The molecule has 0 aliphatic heterocycles. The van der Waals surface area contributed by atoms with Crippen molar-refractivity contribution in [2.75, 3.05) is 5.32 Å². The van der Waals surface area contributed by atoms with E-state index in [0.29, 0.717) is 5.82 Å². The number of hydrogen-bond donors (Lipinski definition) is 3. The molecule has 0 unspecified atom stereocenters. The molecule has 5 heteroatoms. The Bertz CT molecular complexity index is 316. The quantitative estimate of drug-likeness (QED) is 0.607. The Labute approximate surface area is 68.4 Å². The summed E-state index contributed by atoms with van der Waals surface area (Å²) in [5.74, 6) is -0.903. The van der Waals surface area contributed by atoms with Crippen molar-refractivity contribution >= 4 is 17.7 Å². The predicted molar refractivity (Wildman–Crippen MR) is 42.1 cm³/mol. The van der Waals surface area contributed by atoms with Gasteiger partial charge in [0.05, 0.1) is 0 Å². The number of carbonyl (C=O) groups is 2. The number of aromatic carboxylic acids is 1. The molecule has 1 heterocycles. The van der Waals surface area contributed by atoms with Crippen LogP contribution in [0.1, 0.15) is 17.4 Å². The number of anilines is 1. The molecule has 0 radical (unpaired) electrons. The van der Waals surface area contributed by atoms with Crippen LogP contribution in [-0.4, -0.2) is 22.0 Å². The lowest BCUT2D eigenvalue weighted by molar-refractivity contribution is -0.114. The van der Waals surface area contributed by atoms with E-state index in [4.69, 9.17) is 5.11 Å². The maximum Gasteiger partial charge on any atom is 0.352 e. The highest BCUT2D eigenvalue weighted by Crippen LogP contribution is 2.06. The molecule has 0 spiro atoms. The first-order valence-electron chi connectivity index (χ1n) is 3.29. The normalized spacial score (nSPS) is 9.42. The highest BCUT2D eigenvalue weighted by Gasteiger charge is 2.05. The second-order valence-electron chi connectivity index (χ2n) is 2.27. The summed E-state index contributed by atoms with van der Waals surface area (Å²) < 4.78 is 0. The van der Waals surface area contributed by atoms with Gasteiger partial charge in [-0.25, -0.2) is 4.79 Å². The third-order valence-electron chi connectivity index (χ3n) is 1.23. The second kappa shape index (κ2) is 3.08. The molecule has 0 aliphatic carbocycles. The summed E-state index contributed by atoms with van der Waals surface area (Å²) in [6.07, 6.45) is 0. The van der Waals surface area contributed by atoms with Crippen molar-refractivity contribution in [3.05, 3.63) is 17.8 Å². The van der Waals surface area contributed by atoms with E-state index in [1.807, 2.05) is 0 Å². The van der Waals surface area contributed by atoms with Crippen molar-refractivity contribution in [2.45, 2.75) is 6.92 Å². The molecule has 1 amide bonds. The fourth-order valence-corrected chi connectivity index (χ4v) is 0.782. The van der Waals surface area contributed by atoms with Crippen LogP contribution in [0.15, 0.2) is 12.1 Å². The number of aromatic amines is 1. The Morgan fingerprint density at radius 3 is 2.58 bits per heavy atom. The highest BCUT2D eigenvalue weighted by atomic mass is 16.4. The third kappa shape index (κ3) is 1.85. The lowest BCUT2D eigenvalue weighted by Gasteiger charge is -1.95. The van der Waals surface area contributed by atoms with Crippen molar-refractivity contribution in [3.8, 4) is 0 Å². The molecular formula is C7H8N2O3. The van der Waals surface area contributed by atoms with Crippen LogP contribution in [0, 0.1) is 0 Å². The van der Waals surface area contributed by atoms with Gasteiger partial charge in [-0.3, -0.25) is 4.79 Å². The average molecular weight is 168 g/mol. The number of H-pyrrole nitrogens is 1. The molecule has 3 N–H and O–H groups in total. The van der Waals surface area contributed by atoms with E-state index in [9.17, 15) is 9.59 Å². The van der Waals surface area contributed by atoms with Crippen LogP contribution < -0.4 is 5.32 Å². The molecule has 0 saturated heterocycles. The summed E-state index contributed by atoms with van der Waals surface area (Å²) >= 11 is 0. The summed E-state index contributed by atoms with van der Waals surface area (Å²) in [6, 6.07) is 2.87. The Morgan fingerprint density at radius 2 is 2.17 bits per heavy atom. The highest BCUT2D eigenvalue weighted by molar-refractivity contribution is 5.90. The van der Waals surface area contributed by atoms with Crippen LogP contribution in [-0.2, 0) is 4.79 Å². The lowest BCUT2D eigenvalue weighted by atomic mass is 10.4. The molecule has 0 aliphatic rings. The third-order valence-corrected chi connectivity index (χ3v) is 1.23. The first-order chi connectivity index (χ1) is 5.59. The van der Waals surface area contributed by atoms with E-state index in [2.05, 4.69) is 10.3 Å². The molecule has 12 heavy (non-hydrogen) atoms. The van der Waals surface area contributed by atoms with Gasteiger partial charge >= 0.3 is 5.97 Å². The molecule has 0 bridgehead atoms. The summed E-state index contributed by atoms with van der Waals surface area (Å²) in [4.78, 5) is 23.4. The van der Waals surface area contributed by atoms with Gasteiger partial charge in [-0.15, -0.1) is 0 Å². The van der Waals surface area contributed by atoms with E-state index in [1.54, 1.807) is 0 Å². The van der Waals surface area contributed by atoms with Crippen molar-refractivity contribution in [1.82, 2.24) is 4.98 Å². The molecule has 1 rings (SSSR count). The number of aromatic nitrogens is 1.